The molecule has 1 atom stereocenters. The number of nitrogens with zero attached hydrogens (tertiary/aromatic N) is 1. The van der Waals surface area contributed by atoms with Crippen LogP contribution in [0.15, 0.2) is 42.5 Å². The standard InChI is InChI=1S/C18H20Cl2N2O4S/c1-12(13-4-6-17(26-2)7-5-13)21-18(23)11-22(27(3,24)25)16-9-14(19)8-15(20)10-16/h4-10,12H,11H2,1-3H3,(H,21,23)/t12-/m1/s1. The van der Waals surface area contributed by atoms with Crippen LogP contribution >= 0.6 is 23.2 Å². The van der Waals surface area contributed by atoms with E-state index < -0.39 is 22.5 Å². The van der Waals surface area contributed by atoms with E-state index >= 15 is 0 Å². The number of carbonyl (C=O) groups excluding carboxylic acids is 1. The lowest BCUT2D eigenvalue weighted by Gasteiger charge is -2.23. The van der Waals surface area contributed by atoms with E-state index in [0.29, 0.717) is 5.75 Å². The molecule has 0 fully saturated rings. The minimum Gasteiger partial charge on any atom is -0.497 e. The number of nitrogens with one attached hydrogen (secondary N) is 1. The first-order valence-electron chi connectivity index (χ1n) is 7.97. The summed E-state index contributed by atoms with van der Waals surface area (Å²) in [6, 6.07) is 11.3. The Kier molecular flexibility index (Phi) is 6.97. The van der Waals surface area contributed by atoms with Crippen molar-refractivity contribution in [2.45, 2.75) is 13.0 Å². The second-order valence-corrected chi connectivity index (χ2v) is 8.74. The van der Waals surface area contributed by atoms with Gasteiger partial charge in [-0.1, -0.05) is 35.3 Å². The smallest absolute Gasteiger partial charge is 0.241 e. The maximum absolute atomic E-state index is 12.4. The molecule has 0 aliphatic heterocycles. The van der Waals surface area contributed by atoms with E-state index in [9.17, 15) is 13.2 Å². The van der Waals surface area contributed by atoms with Crippen LogP contribution in [0.25, 0.3) is 0 Å². The lowest BCUT2D eigenvalue weighted by molar-refractivity contribution is -0.120. The van der Waals surface area contributed by atoms with E-state index in [0.717, 1.165) is 16.1 Å². The Morgan fingerprint density at radius 3 is 2.19 bits per heavy atom. The second-order valence-electron chi connectivity index (χ2n) is 5.96. The molecule has 0 aliphatic carbocycles. The molecule has 0 bridgehead atoms. The summed E-state index contributed by atoms with van der Waals surface area (Å²) in [6.07, 6.45) is 1.02. The number of methoxy groups -OCH3 is 1. The molecule has 0 saturated carbocycles. The SMILES string of the molecule is COc1ccc([C@@H](C)NC(=O)CN(c2cc(Cl)cc(Cl)c2)S(C)(=O)=O)cc1. The number of anilines is 1. The third-order valence-corrected chi connectivity index (χ3v) is 5.39. The molecule has 0 spiro atoms. The van der Waals surface area contributed by atoms with Gasteiger partial charge in [0.25, 0.3) is 0 Å². The molecule has 0 radical (unpaired) electrons. The zero-order valence-corrected chi connectivity index (χ0v) is 17.4. The maximum atomic E-state index is 12.4. The average Bonchev–Trinajstić information content (AvgIpc) is 2.57. The highest BCUT2D eigenvalue weighted by molar-refractivity contribution is 7.92. The van der Waals surface area contributed by atoms with E-state index in [2.05, 4.69) is 5.32 Å². The second kappa shape index (κ2) is 8.82. The van der Waals surface area contributed by atoms with Gasteiger partial charge in [-0.15, -0.1) is 0 Å². The minimum absolute atomic E-state index is 0.224. The van der Waals surface area contributed by atoms with Crippen molar-refractivity contribution >= 4 is 44.8 Å². The Hall–Kier alpha value is -1.96. The van der Waals surface area contributed by atoms with Crippen molar-refractivity contribution in [3.05, 3.63) is 58.1 Å². The van der Waals surface area contributed by atoms with Gasteiger partial charge < -0.3 is 10.1 Å². The summed E-state index contributed by atoms with van der Waals surface area (Å²) < 4.78 is 30.4. The van der Waals surface area contributed by atoms with Crippen LogP contribution in [0.5, 0.6) is 5.75 Å². The molecule has 27 heavy (non-hydrogen) atoms. The zero-order valence-electron chi connectivity index (χ0n) is 15.1. The highest BCUT2D eigenvalue weighted by Crippen LogP contribution is 2.27. The van der Waals surface area contributed by atoms with Crippen molar-refractivity contribution in [3.63, 3.8) is 0 Å². The van der Waals surface area contributed by atoms with Crippen molar-refractivity contribution < 1.29 is 17.9 Å². The molecule has 1 N–H and O–H groups in total. The fraction of sp³-hybridized carbons (Fsp3) is 0.278. The fourth-order valence-corrected chi connectivity index (χ4v) is 3.83. The van der Waals surface area contributed by atoms with Crippen molar-refractivity contribution in [2.75, 3.05) is 24.2 Å². The quantitative estimate of drug-likeness (QED) is 0.726. The van der Waals surface area contributed by atoms with Gasteiger partial charge in [0.1, 0.15) is 12.3 Å². The predicted molar refractivity (Wildman–Crippen MR) is 108 cm³/mol. The van der Waals surface area contributed by atoms with E-state index in [4.69, 9.17) is 27.9 Å². The number of amides is 1. The Morgan fingerprint density at radius 1 is 1.15 bits per heavy atom. The first-order valence-corrected chi connectivity index (χ1v) is 10.6. The largest absolute Gasteiger partial charge is 0.497 e. The first-order chi connectivity index (χ1) is 12.6. The number of hydrogen-bond donors (Lipinski definition) is 1. The number of hydrogen-bond acceptors (Lipinski definition) is 4. The van der Waals surface area contributed by atoms with Crippen LogP contribution < -0.4 is 14.4 Å². The van der Waals surface area contributed by atoms with Gasteiger partial charge in [0.15, 0.2) is 0 Å². The highest BCUT2D eigenvalue weighted by Gasteiger charge is 2.22. The van der Waals surface area contributed by atoms with Crippen molar-refractivity contribution in [1.82, 2.24) is 5.32 Å². The molecule has 146 valence electrons. The number of benzene rings is 2. The molecule has 2 aromatic rings. The van der Waals surface area contributed by atoms with Crippen molar-refractivity contribution in [3.8, 4) is 5.75 Å². The lowest BCUT2D eigenvalue weighted by atomic mass is 10.1. The Bertz CT molecular complexity index is 897. The van der Waals surface area contributed by atoms with E-state index in [1.165, 1.54) is 18.2 Å². The van der Waals surface area contributed by atoms with Crippen LogP contribution in [-0.2, 0) is 14.8 Å². The Balaban J connectivity index is 2.16. The molecule has 0 heterocycles. The maximum Gasteiger partial charge on any atom is 0.241 e. The number of sulfonamides is 1. The van der Waals surface area contributed by atoms with Crippen LogP contribution in [-0.4, -0.2) is 34.2 Å². The molecule has 0 saturated heterocycles. The summed E-state index contributed by atoms with van der Waals surface area (Å²) >= 11 is 11.9. The van der Waals surface area contributed by atoms with E-state index in [1.54, 1.807) is 26.2 Å². The van der Waals surface area contributed by atoms with Crippen LogP contribution in [0.3, 0.4) is 0 Å². The Morgan fingerprint density at radius 2 is 1.70 bits per heavy atom. The van der Waals surface area contributed by atoms with Crippen molar-refractivity contribution in [2.24, 2.45) is 0 Å². The summed E-state index contributed by atoms with van der Waals surface area (Å²) in [5.74, 6) is 0.248. The highest BCUT2D eigenvalue weighted by atomic mass is 35.5. The monoisotopic (exact) mass is 430 g/mol. The van der Waals surface area contributed by atoms with Crippen LogP contribution in [0.4, 0.5) is 5.69 Å². The molecule has 1 amide bonds. The predicted octanol–water partition coefficient (Wildman–Crippen LogP) is 3.65. The van der Waals surface area contributed by atoms with Gasteiger partial charge in [-0.3, -0.25) is 9.10 Å². The molecule has 2 rings (SSSR count). The van der Waals surface area contributed by atoms with E-state index in [1.807, 2.05) is 12.1 Å². The van der Waals surface area contributed by atoms with Crippen LogP contribution in [0.2, 0.25) is 10.0 Å². The van der Waals surface area contributed by atoms with Gasteiger partial charge in [-0.25, -0.2) is 8.42 Å². The van der Waals surface area contributed by atoms with Gasteiger partial charge >= 0.3 is 0 Å². The van der Waals surface area contributed by atoms with Gasteiger partial charge in [-0.05, 0) is 42.8 Å². The summed E-state index contributed by atoms with van der Waals surface area (Å²) in [5.41, 5.74) is 1.09. The fourth-order valence-electron chi connectivity index (χ4n) is 2.48. The van der Waals surface area contributed by atoms with Gasteiger partial charge in [0.2, 0.25) is 15.9 Å². The van der Waals surface area contributed by atoms with Crippen LogP contribution in [0, 0.1) is 0 Å². The summed E-state index contributed by atoms with van der Waals surface area (Å²) in [4.78, 5) is 12.4. The molecule has 0 unspecified atom stereocenters. The normalized spacial score (nSPS) is 12.3. The topological polar surface area (TPSA) is 75.7 Å². The summed E-state index contributed by atoms with van der Waals surface area (Å²) in [7, 11) is -2.15. The molecule has 0 aliphatic rings. The number of ether oxygens (including phenoxy) is 1. The molecule has 2 aromatic carbocycles. The average molecular weight is 431 g/mol. The minimum atomic E-state index is -3.72. The Labute approximate surface area is 169 Å². The molecule has 6 nitrogen and oxygen atoms in total. The first kappa shape index (κ1) is 21.3. The van der Waals surface area contributed by atoms with Crippen molar-refractivity contribution in [1.29, 1.82) is 0 Å². The molecule has 0 aromatic heterocycles. The summed E-state index contributed by atoms with van der Waals surface area (Å²) in [6.45, 7) is 1.41. The zero-order chi connectivity index (χ0) is 20.2. The van der Waals surface area contributed by atoms with Gasteiger partial charge in [-0.2, -0.15) is 0 Å². The molecular weight excluding hydrogens is 411 g/mol. The third-order valence-electron chi connectivity index (χ3n) is 3.82. The molecule has 9 heteroatoms. The summed E-state index contributed by atoms with van der Waals surface area (Å²) in [5, 5.41) is 3.34. The van der Waals surface area contributed by atoms with Gasteiger partial charge in [0.05, 0.1) is 25.1 Å². The lowest BCUT2D eigenvalue weighted by Crippen LogP contribution is -2.41. The van der Waals surface area contributed by atoms with Crippen LogP contribution in [0.1, 0.15) is 18.5 Å². The van der Waals surface area contributed by atoms with Gasteiger partial charge in [0, 0.05) is 10.0 Å². The third kappa shape index (κ3) is 6.02. The molecular formula is C18H20Cl2N2O4S. The number of halogens is 2. The number of carbonyl (C=O) groups is 1. The number of rotatable bonds is 7. The van der Waals surface area contributed by atoms with E-state index in [-0.39, 0.29) is 21.8 Å².